The van der Waals surface area contributed by atoms with Gasteiger partial charge >= 0.3 is 12.1 Å². The zero-order chi connectivity index (χ0) is 55.5. The second-order valence-electron chi connectivity index (χ2n) is 20.8. The van der Waals surface area contributed by atoms with Crippen molar-refractivity contribution in [3.63, 3.8) is 0 Å². The first-order valence-corrected chi connectivity index (χ1v) is 26.7. The number of likely N-dealkylation sites (tertiary alicyclic amines) is 1. The lowest BCUT2D eigenvalue weighted by Crippen LogP contribution is -2.60. The molecule has 76 heavy (non-hydrogen) atoms. The highest BCUT2D eigenvalue weighted by molar-refractivity contribution is 6.30. The average Bonchev–Trinajstić information content (AvgIpc) is 4.18. The van der Waals surface area contributed by atoms with Crippen LogP contribution in [0.4, 0.5) is 4.79 Å². The fourth-order valence-electron chi connectivity index (χ4n) is 11.0. The Morgan fingerprint density at radius 3 is 2.05 bits per heavy atom. The standard InChI is InChI=1S/C57H77ClN8O10/c1-13-35(6)51(63(8)55(70)49(33(2)3)60-54(69)50(34(4)5)64(9)57(72)76-32-43-41-24-16-14-22-39(41)40-23-15-17-25-42(40)43)47(73-10)29-48(67)66-27-19-26-46(66)52(74-11)36(7)53(68)59-45(56(71)75-12)31-65-30-44(61-62-65)37-20-18-21-38(58)28-37/h14-18,20-25,28,30,33-36,43,45-47,49-52H,13,19,26-27,29,31-32H2,1-12H3,(H,59,68)(H,60,69)/t35-,36+,45-,46-,47+,49-,50-,51-,52+/m0/s1. The zero-order valence-corrected chi connectivity index (χ0v) is 46.8. The van der Waals surface area contributed by atoms with Crippen molar-refractivity contribution in [1.29, 1.82) is 0 Å². The summed E-state index contributed by atoms with van der Waals surface area (Å²) >= 11 is 6.18. The highest BCUT2D eigenvalue weighted by atomic mass is 35.5. The predicted octanol–water partition coefficient (Wildman–Crippen LogP) is 7.22. The summed E-state index contributed by atoms with van der Waals surface area (Å²) in [6.45, 7) is 13.5. The lowest BCUT2D eigenvalue weighted by molar-refractivity contribution is -0.149. The molecule has 0 radical (unpaired) electrons. The van der Waals surface area contributed by atoms with Crippen molar-refractivity contribution >= 4 is 47.3 Å². The Bertz CT molecular complexity index is 2620. The zero-order valence-electron chi connectivity index (χ0n) is 46.0. The fraction of sp³-hybridized carbons (Fsp3) is 0.544. The number of fused-ring (bicyclic) bond motifs is 3. The summed E-state index contributed by atoms with van der Waals surface area (Å²) in [5, 5.41) is 14.7. The minimum Gasteiger partial charge on any atom is -0.467 e. The maximum Gasteiger partial charge on any atom is 0.410 e. The predicted molar refractivity (Wildman–Crippen MR) is 289 cm³/mol. The molecule has 19 heteroatoms. The van der Waals surface area contributed by atoms with Gasteiger partial charge in [-0.2, -0.15) is 0 Å². The van der Waals surface area contributed by atoms with E-state index in [4.69, 9.17) is 30.5 Å². The van der Waals surface area contributed by atoms with Crippen LogP contribution in [0.5, 0.6) is 0 Å². The van der Waals surface area contributed by atoms with E-state index < -0.39 is 72.2 Å². The largest absolute Gasteiger partial charge is 0.467 e. The van der Waals surface area contributed by atoms with E-state index in [1.54, 1.807) is 48.2 Å². The molecule has 412 valence electrons. The molecule has 4 aromatic rings. The third-order valence-corrected chi connectivity index (χ3v) is 15.5. The number of methoxy groups -OCH3 is 3. The van der Waals surface area contributed by atoms with E-state index >= 15 is 0 Å². The van der Waals surface area contributed by atoms with Gasteiger partial charge in [0.2, 0.25) is 23.6 Å². The Kier molecular flexibility index (Phi) is 20.6. The monoisotopic (exact) mass is 1070 g/mol. The van der Waals surface area contributed by atoms with Crippen molar-refractivity contribution in [1.82, 2.24) is 40.3 Å². The van der Waals surface area contributed by atoms with Crippen molar-refractivity contribution in [3.05, 3.63) is 95.1 Å². The van der Waals surface area contributed by atoms with Crippen molar-refractivity contribution in [3.8, 4) is 22.4 Å². The Labute approximate surface area is 452 Å². The van der Waals surface area contributed by atoms with Gasteiger partial charge in [0.05, 0.1) is 56.5 Å². The van der Waals surface area contributed by atoms with Gasteiger partial charge in [-0.15, -0.1) is 5.10 Å². The number of rotatable bonds is 24. The molecule has 3 aromatic carbocycles. The Morgan fingerprint density at radius 2 is 1.47 bits per heavy atom. The molecule has 1 aliphatic heterocycles. The van der Waals surface area contributed by atoms with Gasteiger partial charge in [0, 0.05) is 51.4 Å². The van der Waals surface area contributed by atoms with Crippen molar-refractivity contribution in [2.45, 2.75) is 129 Å². The molecule has 0 unspecified atom stereocenters. The van der Waals surface area contributed by atoms with E-state index in [1.165, 1.54) is 38.0 Å². The Hall–Kier alpha value is -6.37. The molecule has 2 heterocycles. The lowest BCUT2D eigenvalue weighted by Gasteiger charge is -2.41. The van der Waals surface area contributed by atoms with Crippen LogP contribution in [0.2, 0.25) is 5.02 Å². The van der Waals surface area contributed by atoms with Gasteiger partial charge < -0.3 is 39.4 Å². The molecule has 18 nitrogen and oxygen atoms in total. The van der Waals surface area contributed by atoms with Gasteiger partial charge in [0.25, 0.3) is 0 Å². The topological polar surface area (TPSA) is 204 Å². The van der Waals surface area contributed by atoms with Crippen molar-refractivity contribution < 1.29 is 47.7 Å². The molecule has 2 N–H and O–H groups in total. The number of esters is 1. The molecular weight excluding hydrogens is 992 g/mol. The number of hydrogen-bond donors (Lipinski definition) is 2. The molecule has 6 rings (SSSR count). The van der Waals surface area contributed by atoms with Crippen molar-refractivity contribution in [2.75, 3.05) is 48.6 Å². The number of carbonyl (C=O) groups is 6. The van der Waals surface area contributed by atoms with Crippen LogP contribution < -0.4 is 10.6 Å². The van der Waals surface area contributed by atoms with Crippen LogP contribution in [0.3, 0.4) is 0 Å². The molecule has 0 saturated carbocycles. The molecule has 1 saturated heterocycles. The molecular formula is C57H77ClN8O10. The summed E-state index contributed by atoms with van der Waals surface area (Å²) in [6, 6.07) is 19.1. The van der Waals surface area contributed by atoms with E-state index in [0.717, 1.165) is 27.8 Å². The number of amides is 5. The van der Waals surface area contributed by atoms with Gasteiger partial charge in [0.15, 0.2) is 0 Å². The summed E-state index contributed by atoms with van der Waals surface area (Å²) in [4.78, 5) is 89.1. The molecule has 1 fully saturated rings. The summed E-state index contributed by atoms with van der Waals surface area (Å²) in [6.07, 6.45) is 1.24. The average molecular weight is 1070 g/mol. The van der Waals surface area contributed by atoms with Gasteiger partial charge in [0.1, 0.15) is 30.4 Å². The van der Waals surface area contributed by atoms with Gasteiger partial charge in [-0.05, 0) is 65.0 Å². The maximum absolute atomic E-state index is 14.8. The number of nitrogens with one attached hydrogen (secondary N) is 2. The normalized spacial score (nSPS) is 17.4. The van der Waals surface area contributed by atoms with Gasteiger partial charge in [-0.25, -0.2) is 14.3 Å². The highest BCUT2D eigenvalue weighted by Crippen LogP contribution is 2.44. The number of ether oxygens (including phenoxy) is 4. The Morgan fingerprint density at radius 1 is 0.816 bits per heavy atom. The minimum atomic E-state index is -1.12. The minimum absolute atomic E-state index is 0.0686. The second-order valence-corrected chi connectivity index (χ2v) is 21.3. The number of aromatic nitrogens is 3. The van der Waals surface area contributed by atoms with E-state index in [9.17, 15) is 28.8 Å². The molecule has 5 amide bonds. The first-order valence-electron chi connectivity index (χ1n) is 26.3. The number of benzene rings is 3. The van der Waals surface area contributed by atoms with Gasteiger partial charge in [-0.3, -0.25) is 24.1 Å². The first-order chi connectivity index (χ1) is 36.3. The SMILES string of the molecule is CC[C@H](C)[C@@H]([C@@H](CC(=O)N1CCC[C@H]1[C@H](OC)[C@@H](C)C(=O)N[C@@H](Cn1cc(-c2cccc(Cl)c2)nn1)C(=O)OC)OC)N(C)C(=O)[C@@H](NC(=O)[C@H](C(C)C)N(C)C(=O)OCC1c2ccccc2-c2ccccc21)C(C)C. The number of hydrogen-bond acceptors (Lipinski definition) is 12. The lowest BCUT2D eigenvalue weighted by atomic mass is 9.89. The molecule has 2 aliphatic rings. The van der Waals surface area contributed by atoms with Crippen LogP contribution in [0.1, 0.15) is 91.2 Å². The molecule has 1 aliphatic carbocycles. The molecule has 0 bridgehead atoms. The van der Waals surface area contributed by atoms with Crippen LogP contribution in [0, 0.1) is 23.7 Å². The van der Waals surface area contributed by atoms with Crippen LogP contribution in [0.25, 0.3) is 22.4 Å². The van der Waals surface area contributed by atoms with Crippen LogP contribution in [-0.4, -0.2) is 156 Å². The van der Waals surface area contributed by atoms with E-state index in [1.807, 2.05) is 84.0 Å². The van der Waals surface area contributed by atoms with Gasteiger partial charge in [-0.1, -0.05) is 132 Å². The van der Waals surface area contributed by atoms with Crippen LogP contribution >= 0.6 is 11.6 Å². The summed E-state index contributed by atoms with van der Waals surface area (Å²) in [5.74, 6) is -4.11. The molecule has 1 aromatic heterocycles. The molecule has 0 spiro atoms. The van der Waals surface area contributed by atoms with E-state index in [-0.39, 0.29) is 55.1 Å². The smallest absolute Gasteiger partial charge is 0.410 e. The third-order valence-electron chi connectivity index (χ3n) is 15.3. The fourth-order valence-corrected chi connectivity index (χ4v) is 11.2. The maximum atomic E-state index is 14.8. The number of halogens is 1. The first kappa shape index (κ1) is 58.9. The van der Waals surface area contributed by atoms with Crippen LogP contribution in [-0.2, 0) is 49.5 Å². The Balaban J connectivity index is 1.10. The molecule has 9 atom stereocenters. The summed E-state index contributed by atoms with van der Waals surface area (Å²) < 4.78 is 24.5. The van der Waals surface area contributed by atoms with Crippen molar-refractivity contribution in [2.24, 2.45) is 23.7 Å². The van der Waals surface area contributed by atoms with E-state index in [2.05, 4.69) is 33.1 Å². The summed E-state index contributed by atoms with van der Waals surface area (Å²) in [5.41, 5.74) is 5.60. The van der Waals surface area contributed by atoms with E-state index in [0.29, 0.717) is 36.5 Å². The third kappa shape index (κ3) is 13.4. The highest BCUT2D eigenvalue weighted by Gasteiger charge is 2.44. The quantitative estimate of drug-likeness (QED) is 0.0668. The van der Waals surface area contributed by atoms with Crippen LogP contribution in [0.15, 0.2) is 79.0 Å². The number of nitrogens with zero attached hydrogens (tertiary/aromatic N) is 6. The summed E-state index contributed by atoms with van der Waals surface area (Å²) in [7, 11) is 7.45. The second kappa shape index (κ2) is 26.6. The number of carbonyl (C=O) groups excluding carboxylic acids is 6. The number of likely N-dealkylation sites (N-methyl/N-ethyl adjacent to an activating group) is 2.